The fourth-order valence-electron chi connectivity index (χ4n) is 1.15. The molecule has 1 heterocycles. The number of H-pyrrole nitrogens is 1. The molecule has 1 aromatic heterocycles. The Morgan fingerprint density at radius 3 is 2.75 bits per heavy atom. The molecular weight excluding hydrogens is 216 g/mol. The maximum Gasteiger partial charge on any atom is 0.0822 e. The van der Waals surface area contributed by atoms with Crippen LogP contribution < -0.4 is 0 Å². The zero-order chi connectivity index (χ0) is 8.97. The van der Waals surface area contributed by atoms with Crippen molar-refractivity contribution in [1.29, 1.82) is 0 Å². The highest BCUT2D eigenvalue weighted by Gasteiger charge is 1.96. The van der Waals surface area contributed by atoms with E-state index >= 15 is 0 Å². The number of aryl methyl sites for hydroxylation is 1. The summed E-state index contributed by atoms with van der Waals surface area (Å²) in [6.07, 6.45) is 4.43. The van der Waals surface area contributed by atoms with Gasteiger partial charge in [-0.05, 0) is 61.0 Å². The summed E-state index contributed by atoms with van der Waals surface area (Å²) in [7, 11) is 4.21. The van der Waals surface area contributed by atoms with Gasteiger partial charge in [0.25, 0.3) is 0 Å². The van der Waals surface area contributed by atoms with Crippen molar-refractivity contribution in [3.8, 4) is 0 Å². The van der Waals surface area contributed by atoms with E-state index < -0.39 is 0 Å². The molecule has 0 aliphatic heterocycles. The molecule has 0 saturated carbocycles. The van der Waals surface area contributed by atoms with Gasteiger partial charge in [0.15, 0.2) is 0 Å². The highest BCUT2D eigenvalue weighted by atomic mass is 79.9. The van der Waals surface area contributed by atoms with Gasteiger partial charge < -0.3 is 9.88 Å². The molecule has 1 rings (SSSR count). The Morgan fingerprint density at radius 1 is 1.50 bits per heavy atom. The normalized spacial score (nSPS) is 11.0. The van der Waals surface area contributed by atoms with Crippen LogP contribution in [0.3, 0.4) is 0 Å². The summed E-state index contributed by atoms with van der Waals surface area (Å²) >= 11 is 3.39. The van der Waals surface area contributed by atoms with Gasteiger partial charge in [0.2, 0.25) is 0 Å². The fraction of sp³-hybridized carbons (Fsp3) is 0.556. The van der Waals surface area contributed by atoms with Crippen LogP contribution in [0.4, 0.5) is 0 Å². The van der Waals surface area contributed by atoms with Crippen LogP contribution in [-0.4, -0.2) is 30.5 Å². The molecule has 0 atom stereocenters. The van der Waals surface area contributed by atoms with Gasteiger partial charge in [-0.1, -0.05) is 0 Å². The van der Waals surface area contributed by atoms with E-state index in [4.69, 9.17) is 0 Å². The van der Waals surface area contributed by atoms with Gasteiger partial charge in [-0.25, -0.2) is 0 Å². The van der Waals surface area contributed by atoms with Gasteiger partial charge in [0.05, 0.1) is 4.60 Å². The quantitative estimate of drug-likeness (QED) is 0.842. The second-order valence-electron chi connectivity index (χ2n) is 3.26. The van der Waals surface area contributed by atoms with Gasteiger partial charge in [-0.15, -0.1) is 0 Å². The minimum absolute atomic E-state index is 1.07. The highest BCUT2D eigenvalue weighted by molar-refractivity contribution is 9.10. The molecule has 1 aromatic rings. The fourth-order valence-corrected chi connectivity index (χ4v) is 1.56. The Labute approximate surface area is 82.1 Å². The van der Waals surface area contributed by atoms with Crippen molar-refractivity contribution in [3.63, 3.8) is 0 Å². The summed E-state index contributed by atoms with van der Waals surface area (Å²) in [6, 6.07) is 2.13. The predicted octanol–water partition coefficient (Wildman–Crippen LogP) is 2.27. The van der Waals surface area contributed by atoms with Crippen molar-refractivity contribution in [3.05, 3.63) is 22.4 Å². The van der Waals surface area contributed by atoms with Crippen LogP contribution in [0.2, 0.25) is 0 Å². The summed E-state index contributed by atoms with van der Waals surface area (Å²) in [5.74, 6) is 0. The standard InChI is InChI=1S/C9H15BrN2/c1-12(2)5-3-4-8-6-9(10)11-7-8/h6-7,11H,3-5H2,1-2H3. The number of hydrogen-bond donors (Lipinski definition) is 1. The van der Waals surface area contributed by atoms with Crippen LogP contribution in [0.25, 0.3) is 0 Å². The average Bonchev–Trinajstić information content (AvgIpc) is 2.35. The third-order valence-electron chi connectivity index (χ3n) is 1.78. The molecule has 12 heavy (non-hydrogen) atoms. The Hall–Kier alpha value is -0.280. The van der Waals surface area contributed by atoms with Gasteiger partial charge in [-0.2, -0.15) is 0 Å². The van der Waals surface area contributed by atoms with Crippen LogP contribution in [0.5, 0.6) is 0 Å². The lowest BCUT2D eigenvalue weighted by atomic mass is 10.2. The Balaban J connectivity index is 2.24. The topological polar surface area (TPSA) is 19.0 Å². The Kier molecular flexibility index (Phi) is 3.82. The summed E-state index contributed by atoms with van der Waals surface area (Å²) in [4.78, 5) is 5.32. The third kappa shape index (κ3) is 3.41. The molecule has 1 N–H and O–H groups in total. The SMILES string of the molecule is CN(C)CCCc1c[nH]c(Br)c1. The average molecular weight is 231 g/mol. The number of rotatable bonds is 4. The lowest BCUT2D eigenvalue weighted by Gasteiger charge is -2.07. The molecule has 0 radical (unpaired) electrons. The molecule has 2 nitrogen and oxygen atoms in total. The van der Waals surface area contributed by atoms with Crippen molar-refractivity contribution >= 4 is 15.9 Å². The third-order valence-corrected chi connectivity index (χ3v) is 2.24. The largest absolute Gasteiger partial charge is 0.356 e. The van der Waals surface area contributed by atoms with Crippen LogP contribution in [0, 0.1) is 0 Å². The summed E-state index contributed by atoms with van der Waals surface area (Å²) in [6.45, 7) is 1.16. The number of hydrogen-bond acceptors (Lipinski definition) is 1. The van der Waals surface area contributed by atoms with E-state index in [1.807, 2.05) is 0 Å². The molecule has 0 aliphatic carbocycles. The van der Waals surface area contributed by atoms with Crippen LogP contribution >= 0.6 is 15.9 Å². The van der Waals surface area contributed by atoms with Crippen molar-refractivity contribution in [1.82, 2.24) is 9.88 Å². The Bertz CT molecular complexity index is 230. The van der Waals surface area contributed by atoms with E-state index in [0.717, 1.165) is 17.6 Å². The number of nitrogens with zero attached hydrogens (tertiary/aromatic N) is 1. The number of aromatic nitrogens is 1. The van der Waals surface area contributed by atoms with Gasteiger partial charge >= 0.3 is 0 Å². The predicted molar refractivity (Wildman–Crippen MR) is 55.4 cm³/mol. The first-order chi connectivity index (χ1) is 5.68. The van der Waals surface area contributed by atoms with Crippen molar-refractivity contribution in [2.45, 2.75) is 12.8 Å². The number of halogens is 1. The van der Waals surface area contributed by atoms with Gasteiger partial charge in [0.1, 0.15) is 0 Å². The van der Waals surface area contributed by atoms with Crippen LogP contribution in [-0.2, 0) is 6.42 Å². The molecule has 0 aromatic carbocycles. The van der Waals surface area contributed by atoms with Crippen molar-refractivity contribution in [2.75, 3.05) is 20.6 Å². The lowest BCUT2D eigenvalue weighted by Crippen LogP contribution is -2.13. The Morgan fingerprint density at radius 2 is 2.25 bits per heavy atom. The maximum absolute atomic E-state index is 3.39. The molecule has 3 heteroatoms. The van der Waals surface area contributed by atoms with E-state index in [-0.39, 0.29) is 0 Å². The molecule has 0 aliphatic rings. The molecule has 0 fully saturated rings. The molecular formula is C9H15BrN2. The van der Waals surface area contributed by atoms with Crippen LogP contribution in [0.15, 0.2) is 16.9 Å². The number of aromatic amines is 1. The molecule has 0 spiro atoms. The second-order valence-corrected chi connectivity index (χ2v) is 4.12. The van der Waals surface area contributed by atoms with Crippen molar-refractivity contribution < 1.29 is 0 Å². The maximum atomic E-state index is 3.39. The second kappa shape index (κ2) is 4.67. The van der Waals surface area contributed by atoms with E-state index in [0.29, 0.717) is 0 Å². The lowest BCUT2D eigenvalue weighted by molar-refractivity contribution is 0.400. The van der Waals surface area contributed by atoms with E-state index in [1.165, 1.54) is 12.0 Å². The van der Waals surface area contributed by atoms with Crippen LogP contribution in [0.1, 0.15) is 12.0 Å². The summed E-state index contributed by atoms with van der Waals surface area (Å²) in [5.41, 5.74) is 1.38. The summed E-state index contributed by atoms with van der Waals surface area (Å²) in [5, 5.41) is 0. The molecule has 0 amide bonds. The smallest absolute Gasteiger partial charge is 0.0822 e. The summed E-state index contributed by atoms with van der Waals surface area (Å²) < 4.78 is 1.07. The van der Waals surface area contributed by atoms with Gasteiger partial charge in [0, 0.05) is 6.20 Å². The van der Waals surface area contributed by atoms with E-state index in [9.17, 15) is 0 Å². The first-order valence-electron chi connectivity index (χ1n) is 4.16. The van der Waals surface area contributed by atoms with E-state index in [2.05, 4.69) is 52.2 Å². The zero-order valence-electron chi connectivity index (χ0n) is 7.60. The monoisotopic (exact) mass is 230 g/mol. The molecule has 0 unspecified atom stereocenters. The minimum Gasteiger partial charge on any atom is -0.356 e. The molecule has 68 valence electrons. The number of nitrogens with one attached hydrogen (secondary N) is 1. The highest BCUT2D eigenvalue weighted by Crippen LogP contribution is 2.11. The first-order valence-corrected chi connectivity index (χ1v) is 4.95. The van der Waals surface area contributed by atoms with Crippen molar-refractivity contribution in [2.24, 2.45) is 0 Å². The molecule has 0 saturated heterocycles. The minimum atomic E-state index is 1.07. The van der Waals surface area contributed by atoms with Gasteiger partial charge in [-0.3, -0.25) is 0 Å². The molecule has 0 bridgehead atoms. The zero-order valence-corrected chi connectivity index (χ0v) is 9.19. The van der Waals surface area contributed by atoms with E-state index in [1.54, 1.807) is 0 Å². The first kappa shape index (κ1) is 9.81.